The third-order valence-corrected chi connectivity index (χ3v) is 2.62. The van der Waals surface area contributed by atoms with Crippen molar-refractivity contribution in [1.29, 1.82) is 0 Å². The first kappa shape index (κ1) is 8.72. The van der Waals surface area contributed by atoms with Crippen molar-refractivity contribution in [3.8, 4) is 0 Å². The molecule has 0 radical (unpaired) electrons. The molecule has 1 aromatic heterocycles. The minimum absolute atomic E-state index is 0.108. The summed E-state index contributed by atoms with van der Waals surface area (Å²) in [4.78, 5) is 0. The Morgan fingerprint density at radius 1 is 1.73 bits per heavy atom. The molecule has 1 unspecified atom stereocenters. The number of hydrogen-bond acceptors (Lipinski definition) is 5. The smallest absolute Gasteiger partial charge is 0.232 e. The second-order valence-corrected chi connectivity index (χ2v) is 3.85. The SMILES string of the molecule is COCc1nnc(S(=O)O)s1. The van der Waals surface area contributed by atoms with Crippen LogP contribution in [-0.4, -0.2) is 26.1 Å². The molecular formula is C4H6N2O3S2. The van der Waals surface area contributed by atoms with E-state index >= 15 is 0 Å². The largest absolute Gasteiger partial charge is 0.377 e. The average Bonchev–Trinajstić information content (AvgIpc) is 2.37. The van der Waals surface area contributed by atoms with Gasteiger partial charge >= 0.3 is 0 Å². The van der Waals surface area contributed by atoms with Crippen LogP contribution in [0, 0.1) is 0 Å². The van der Waals surface area contributed by atoms with Crippen LogP contribution in [-0.2, 0) is 22.4 Å². The second-order valence-electron chi connectivity index (χ2n) is 1.64. The number of rotatable bonds is 3. The van der Waals surface area contributed by atoms with Gasteiger partial charge in [0.2, 0.25) is 15.4 Å². The topological polar surface area (TPSA) is 72.3 Å². The number of hydrogen-bond donors (Lipinski definition) is 1. The normalized spacial score (nSPS) is 13.3. The van der Waals surface area contributed by atoms with Gasteiger partial charge in [-0.2, -0.15) is 0 Å². The summed E-state index contributed by atoms with van der Waals surface area (Å²) in [6.07, 6.45) is 0. The molecule has 1 rings (SSSR count). The van der Waals surface area contributed by atoms with Gasteiger partial charge in [0, 0.05) is 7.11 Å². The molecule has 1 heterocycles. The van der Waals surface area contributed by atoms with Crippen LogP contribution in [0.15, 0.2) is 4.34 Å². The van der Waals surface area contributed by atoms with E-state index in [4.69, 9.17) is 9.29 Å². The molecule has 1 aromatic rings. The van der Waals surface area contributed by atoms with Crippen molar-refractivity contribution >= 4 is 22.4 Å². The monoisotopic (exact) mass is 194 g/mol. The van der Waals surface area contributed by atoms with Gasteiger partial charge in [-0.25, -0.2) is 4.21 Å². The molecule has 0 aliphatic heterocycles. The lowest BCUT2D eigenvalue weighted by molar-refractivity contribution is 0.184. The summed E-state index contributed by atoms with van der Waals surface area (Å²) >= 11 is -0.954. The van der Waals surface area contributed by atoms with Crippen LogP contribution >= 0.6 is 11.3 Å². The van der Waals surface area contributed by atoms with Crippen molar-refractivity contribution in [2.24, 2.45) is 0 Å². The van der Waals surface area contributed by atoms with Crippen molar-refractivity contribution in [1.82, 2.24) is 10.2 Å². The van der Waals surface area contributed by atoms with Gasteiger partial charge in [0.05, 0.1) is 6.61 Å². The van der Waals surface area contributed by atoms with Crippen LogP contribution in [0.2, 0.25) is 0 Å². The molecule has 7 heteroatoms. The Morgan fingerprint density at radius 2 is 2.45 bits per heavy atom. The maximum Gasteiger partial charge on any atom is 0.232 e. The Bertz CT molecular complexity index is 262. The molecule has 5 nitrogen and oxygen atoms in total. The van der Waals surface area contributed by atoms with Crippen LogP contribution in [0.3, 0.4) is 0 Å². The lowest BCUT2D eigenvalue weighted by Crippen LogP contribution is -1.86. The van der Waals surface area contributed by atoms with Crippen molar-refractivity contribution in [2.45, 2.75) is 10.9 Å². The number of aromatic nitrogens is 2. The van der Waals surface area contributed by atoms with E-state index < -0.39 is 11.1 Å². The Morgan fingerprint density at radius 3 is 2.91 bits per heavy atom. The molecule has 0 fully saturated rings. The molecule has 1 atom stereocenters. The van der Waals surface area contributed by atoms with Crippen LogP contribution in [0.25, 0.3) is 0 Å². The Hall–Kier alpha value is -0.370. The molecule has 0 spiro atoms. The van der Waals surface area contributed by atoms with E-state index in [0.717, 1.165) is 11.3 Å². The first-order valence-corrected chi connectivity index (χ1v) is 4.58. The lowest BCUT2D eigenvalue weighted by Gasteiger charge is -1.86. The molecule has 0 aromatic carbocycles. The molecule has 0 saturated heterocycles. The van der Waals surface area contributed by atoms with E-state index in [1.165, 1.54) is 7.11 Å². The molecule has 1 N–H and O–H groups in total. The number of methoxy groups -OCH3 is 1. The first-order chi connectivity index (χ1) is 5.24. The zero-order valence-electron chi connectivity index (χ0n) is 5.68. The van der Waals surface area contributed by atoms with Gasteiger partial charge < -0.3 is 9.29 Å². The van der Waals surface area contributed by atoms with Crippen molar-refractivity contribution < 1.29 is 13.5 Å². The minimum atomic E-state index is -2.02. The number of ether oxygens (including phenoxy) is 1. The summed E-state index contributed by atoms with van der Waals surface area (Å²) in [5, 5.41) is 7.69. The maximum absolute atomic E-state index is 10.4. The van der Waals surface area contributed by atoms with Crippen LogP contribution in [0.1, 0.15) is 5.01 Å². The fourth-order valence-corrected chi connectivity index (χ4v) is 1.72. The molecule has 0 aliphatic rings. The zero-order valence-corrected chi connectivity index (χ0v) is 7.31. The fraction of sp³-hybridized carbons (Fsp3) is 0.500. The van der Waals surface area contributed by atoms with E-state index in [1.54, 1.807) is 0 Å². The van der Waals surface area contributed by atoms with Crippen molar-refractivity contribution in [3.05, 3.63) is 5.01 Å². The van der Waals surface area contributed by atoms with E-state index in [-0.39, 0.29) is 4.34 Å². The van der Waals surface area contributed by atoms with Crippen LogP contribution in [0.4, 0.5) is 0 Å². The average molecular weight is 194 g/mol. The van der Waals surface area contributed by atoms with E-state index in [2.05, 4.69) is 10.2 Å². The van der Waals surface area contributed by atoms with Crippen LogP contribution in [0.5, 0.6) is 0 Å². The zero-order chi connectivity index (χ0) is 8.27. The van der Waals surface area contributed by atoms with E-state index in [9.17, 15) is 4.21 Å². The van der Waals surface area contributed by atoms with E-state index in [0.29, 0.717) is 11.6 Å². The Balaban J connectivity index is 2.73. The maximum atomic E-state index is 10.4. The molecule has 11 heavy (non-hydrogen) atoms. The summed E-state index contributed by atoms with van der Waals surface area (Å²) in [5.41, 5.74) is 0. The van der Waals surface area contributed by atoms with Crippen LogP contribution < -0.4 is 0 Å². The summed E-state index contributed by atoms with van der Waals surface area (Å²) in [7, 11) is 1.52. The Labute approximate surface area is 69.7 Å². The summed E-state index contributed by atoms with van der Waals surface area (Å²) < 4.78 is 23.8. The molecular weight excluding hydrogens is 188 g/mol. The molecule has 62 valence electrons. The molecule has 0 bridgehead atoms. The quantitative estimate of drug-likeness (QED) is 0.699. The molecule has 0 aliphatic carbocycles. The highest BCUT2D eigenvalue weighted by Gasteiger charge is 2.07. The summed E-state index contributed by atoms with van der Waals surface area (Å²) in [6.45, 7) is 0.328. The summed E-state index contributed by atoms with van der Waals surface area (Å²) in [6, 6.07) is 0. The first-order valence-electron chi connectivity index (χ1n) is 2.66. The van der Waals surface area contributed by atoms with Gasteiger partial charge in [0.25, 0.3) is 0 Å². The van der Waals surface area contributed by atoms with Gasteiger partial charge in [-0.1, -0.05) is 11.3 Å². The van der Waals surface area contributed by atoms with Gasteiger partial charge in [0.1, 0.15) is 5.01 Å². The predicted molar refractivity (Wildman–Crippen MR) is 39.7 cm³/mol. The fourth-order valence-electron chi connectivity index (χ4n) is 0.491. The predicted octanol–water partition coefficient (Wildman–Crippen LogP) is 0.265. The highest BCUT2D eigenvalue weighted by molar-refractivity contribution is 7.81. The molecule has 0 saturated carbocycles. The number of nitrogens with zero attached hydrogens (tertiary/aromatic N) is 2. The van der Waals surface area contributed by atoms with E-state index in [1.807, 2.05) is 0 Å². The van der Waals surface area contributed by atoms with Gasteiger partial charge in [-0.3, -0.25) is 0 Å². The van der Waals surface area contributed by atoms with Gasteiger partial charge in [-0.05, 0) is 0 Å². The van der Waals surface area contributed by atoms with Gasteiger partial charge in [-0.15, -0.1) is 10.2 Å². The lowest BCUT2D eigenvalue weighted by atomic mass is 10.8. The summed E-state index contributed by atoms with van der Waals surface area (Å²) in [5.74, 6) is 0. The van der Waals surface area contributed by atoms with Crippen molar-refractivity contribution in [2.75, 3.05) is 7.11 Å². The Kier molecular flexibility index (Phi) is 3.06. The molecule has 0 amide bonds. The third-order valence-electron chi connectivity index (χ3n) is 0.866. The standard InChI is InChI=1S/C4H6N2O3S2/c1-9-2-3-5-6-4(10-3)11(7)8/h2H2,1H3,(H,7,8). The minimum Gasteiger partial charge on any atom is -0.377 e. The highest BCUT2D eigenvalue weighted by atomic mass is 32.2. The second kappa shape index (κ2) is 3.86. The highest BCUT2D eigenvalue weighted by Crippen LogP contribution is 2.12. The third kappa shape index (κ3) is 2.29. The van der Waals surface area contributed by atoms with Gasteiger partial charge in [0.15, 0.2) is 0 Å². The van der Waals surface area contributed by atoms with Crippen molar-refractivity contribution in [3.63, 3.8) is 0 Å².